The highest BCUT2D eigenvalue weighted by molar-refractivity contribution is 6.30. The lowest BCUT2D eigenvalue weighted by molar-refractivity contribution is 0.117. The van der Waals surface area contributed by atoms with E-state index in [0.29, 0.717) is 17.5 Å². The van der Waals surface area contributed by atoms with E-state index in [4.69, 9.17) is 17.3 Å². The maximum absolute atomic E-state index is 11.2. The van der Waals surface area contributed by atoms with Gasteiger partial charge in [0.15, 0.2) is 0 Å². The van der Waals surface area contributed by atoms with Gasteiger partial charge in [-0.15, -0.1) is 0 Å². The first-order valence-electron chi connectivity index (χ1n) is 7.17. The lowest BCUT2D eigenvalue weighted by Gasteiger charge is -2.28. The van der Waals surface area contributed by atoms with Crippen LogP contribution in [-0.2, 0) is 0 Å². The van der Waals surface area contributed by atoms with Crippen LogP contribution in [0.3, 0.4) is 0 Å². The average molecular weight is 312 g/mol. The molecule has 0 spiro atoms. The molecule has 1 aromatic heterocycles. The number of rotatable bonds is 4. The Hall–Kier alpha value is -1.33. The van der Waals surface area contributed by atoms with Crippen LogP contribution >= 0.6 is 11.6 Å². The van der Waals surface area contributed by atoms with Gasteiger partial charge in [0.2, 0.25) is 0 Å². The number of aromatic nitrogens is 1. The van der Waals surface area contributed by atoms with E-state index in [2.05, 4.69) is 4.98 Å². The number of carboxylic acid groups (broad SMARTS) is 1. The fourth-order valence-electron chi connectivity index (χ4n) is 3.09. The van der Waals surface area contributed by atoms with E-state index in [0.717, 1.165) is 25.0 Å². The summed E-state index contributed by atoms with van der Waals surface area (Å²) in [5.41, 5.74) is 6.68. The van der Waals surface area contributed by atoms with Gasteiger partial charge in [-0.2, -0.15) is 0 Å². The summed E-state index contributed by atoms with van der Waals surface area (Å²) >= 11 is 5.81. The van der Waals surface area contributed by atoms with E-state index in [1.165, 1.54) is 4.90 Å². The Kier molecular flexibility index (Phi) is 4.74. The summed E-state index contributed by atoms with van der Waals surface area (Å²) in [4.78, 5) is 17.0. The van der Waals surface area contributed by atoms with Gasteiger partial charge in [-0.3, -0.25) is 4.98 Å². The van der Waals surface area contributed by atoms with Gasteiger partial charge in [0, 0.05) is 24.3 Å². The van der Waals surface area contributed by atoms with E-state index in [-0.39, 0.29) is 11.6 Å². The van der Waals surface area contributed by atoms with Crippen molar-refractivity contribution < 1.29 is 9.90 Å². The molecule has 2 atom stereocenters. The molecule has 1 aromatic rings. The van der Waals surface area contributed by atoms with Crippen LogP contribution in [0.4, 0.5) is 4.79 Å². The number of hydrogen-bond acceptors (Lipinski definition) is 3. The van der Waals surface area contributed by atoms with Crippen molar-refractivity contribution in [1.29, 1.82) is 0 Å². The van der Waals surface area contributed by atoms with Crippen LogP contribution in [0, 0.1) is 5.92 Å². The second-order valence-corrected chi connectivity index (χ2v) is 6.80. The van der Waals surface area contributed by atoms with Gasteiger partial charge in [0.25, 0.3) is 0 Å². The second kappa shape index (κ2) is 6.20. The third kappa shape index (κ3) is 3.86. The Bertz CT molecular complexity index is 504. The quantitative estimate of drug-likeness (QED) is 0.894. The molecule has 0 saturated carbocycles. The van der Waals surface area contributed by atoms with E-state index in [1.807, 2.05) is 19.9 Å². The summed E-state index contributed by atoms with van der Waals surface area (Å²) in [6.45, 7) is 4.53. The number of nitrogens with two attached hydrogens (primary N) is 1. The first-order chi connectivity index (χ1) is 9.79. The Balaban J connectivity index is 1.89. The highest BCUT2D eigenvalue weighted by atomic mass is 35.5. The predicted octanol–water partition coefficient (Wildman–Crippen LogP) is 3.29. The number of halogens is 1. The van der Waals surface area contributed by atoms with Gasteiger partial charge in [-0.25, -0.2) is 4.79 Å². The van der Waals surface area contributed by atoms with Crippen molar-refractivity contribution in [3.8, 4) is 0 Å². The van der Waals surface area contributed by atoms with Crippen molar-refractivity contribution in [2.24, 2.45) is 11.7 Å². The number of carbonyl (C=O) groups is 1. The van der Waals surface area contributed by atoms with Crippen molar-refractivity contribution in [2.75, 3.05) is 6.54 Å². The molecule has 5 nitrogen and oxygen atoms in total. The molecule has 2 rings (SSSR count). The fraction of sp³-hybridized carbons (Fsp3) is 0.600. The number of nitrogens with zero attached hydrogens (tertiary/aromatic N) is 2. The third-order valence-corrected chi connectivity index (χ3v) is 4.43. The van der Waals surface area contributed by atoms with Crippen molar-refractivity contribution >= 4 is 17.7 Å². The van der Waals surface area contributed by atoms with Crippen LogP contribution < -0.4 is 5.73 Å². The van der Waals surface area contributed by atoms with Crippen molar-refractivity contribution in [3.63, 3.8) is 0 Å². The minimum atomic E-state index is -0.842. The standard InChI is InChI=1S/C15H22ClN3O2/c1-15(2)7-10(9-19(15)14(20)21)3-5-12(17)13-6-4-11(16)8-18-13/h4,6,8,10,12H,3,5,7,9,17H2,1-2H3,(H,20,21)/t10-,12?/m0/s1. The summed E-state index contributed by atoms with van der Waals surface area (Å²) in [7, 11) is 0. The van der Waals surface area contributed by atoms with E-state index in [9.17, 15) is 9.90 Å². The maximum atomic E-state index is 11.2. The molecule has 1 saturated heterocycles. The van der Waals surface area contributed by atoms with Gasteiger partial charge < -0.3 is 15.7 Å². The van der Waals surface area contributed by atoms with Crippen LogP contribution in [0.5, 0.6) is 0 Å². The minimum absolute atomic E-state index is 0.135. The topological polar surface area (TPSA) is 79.5 Å². The smallest absolute Gasteiger partial charge is 0.407 e. The average Bonchev–Trinajstić information content (AvgIpc) is 2.72. The molecule has 0 radical (unpaired) electrons. The van der Waals surface area contributed by atoms with Gasteiger partial charge in [-0.05, 0) is 51.2 Å². The van der Waals surface area contributed by atoms with Gasteiger partial charge in [0.05, 0.1) is 10.7 Å². The zero-order chi connectivity index (χ0) is 15.6. The van der Waals surface area contributed by atoms with Crippen molar-refractivity contribution in [1.82, 2.24) is 9.88 Å². The van der Waals surface area contributed by atoms with Gasteiger partial charge >= 0.3 is 6.09 Å². The monoisotopic (exact) mass is 311 g/mol. The largest absolute Gasteiger partial charge is 0.465 e. The molecule has 3 N–H and O–H groups in total. The Morgan fingerprint density at radius 2 is 2.33 bits per heavy atom. The summed E-state index contributed by atoms with van der Waals surface area (Å²) in [5.74, 6) is 0.356. The molecular weight excluding hydrogens is 290 g/mol. The molecule has 116 valence electrons. The molecule has 0 aliphatic carbocycles. The summed E-state index contributed by atoms with van der Waals surface area (Å²) < 4.78 is 0. The molecule has 1 unspecified atom stereocenters. The van der Waals surface area contributed by atoms with Crippen LogP contribution in [0.25, 0.3) is 0 Å². The van der Waals surface area contributed by atoms with E-state index < -0.39 is 6.09 Å². The molecule has 1 aliphatic rings. The van der Waals surface area contributed by atoms with Crippen molar-refractivity contribution in [2.45, 2.75) is 44.7 Å². The minimum Gasteiger partial charge on any atom is -0.465 e. The van der Waals surface area contributed by atoms with Crippen LogP contribution in [0.15, 0.2) is 18.3 Å². The zero-order valence-corrected chi connectivity index (χ0v) is 13.2. The number of amides is 1. The first kappa shape index (κ1) is 16.0. The summed E-state index contributed by atoms with van der Waals surface area (Å²) in [6, 6.07) is 3.49. The number of likely N-dealkylation sites (tertiary alicyclic amines) is 1. The van der Waals surface area contributed by atoms with Crippen LogP contribution in [-0.4, -0.2) is 33.2 Å². The summed E-state index contributed by atoms with van der Waals surface area (Å²) in [5, 5.41) is 9.82. The molecule has 1 aliphatic heterocycles. The molecule has 6 heteroatoms. The lowest BCUT2D eigenvalue weighted by atomic mass is 9.91. The highest BCUT2D eigenvalue weighted by Crippen LogP contribution is 2.35. The fourth-order valence-corrected chi connectivity index (χ4v) is 3.20. The number of hydrogen-bond donors (Lipinski definition) is 2. The van der Waals surface area contributed by atoms with Crippen LogP contribution in [0.1, 0.15) is 44.8 Å². The lowest BCUT2D eigenvalue weighted by Crippen LogP contribution is -2.41. The molecule has 1 fully saturated rings. The SMILES string of the molecule is CC1(C)C[C@H](CCC(N)c2ccc(Cl)cn2)CN1C(=O)O. The molecule has 0 bridgehead atoms. The van der Waals surface area contributed by atoms with Crippen molar-refractivity contribution in [3.05, 3.63) is 29.0 Å². The third-order valence-electron chi connectivity index (χ3n) is 4.21. The Labute approximate surface area is 130 Å². The predicted molar refractivity (Wildman–Crippen MR) is 82.3 cm³/mol. The Morgan fingerprint density at radius 3 is 2.86 bits per heavy atom. The second-order valence-electron chi connectivity index (χ2n) is 6.36. The highest BCUT2D eigenvalue weighted by Gasteiger charge is 2.40. The van der Waals surface area contributed by atoms with E-state index in [1.54, 1.807) is 12.3 Å². The van der Waals surface area contributed by atoms with Gasteiger partial charge in [-0.1, -0.05) is 11.6 Å². The van der Waals surface area contributed by atoms with Gasteiger partial charge in [0.1, 0.15) is 0 Å². The maximum Gasteiger partial charge on any atom is 0.407 e. The normalized spacial score (nSPS) is 22.3. The van der Waals surface area contributed by atoms with Crippen LogP contribution in [0.2, 0.25) is 5.02 Å². The zero-order valence-electron chi connectivity index (χ0n) is 12.4. The molecule has 1 amide bonds. The van der Waals surface area contributed by atoms with E-state index >= 15 is 0 Å². The molecular formula is C15H22ClN3O2. The molecule has 21 heavy (non-hydrogen) atoms. The first-order valence-corrected chi connectivity index (χ1v) is 7.55. The number of pyridine rings is 1. The Morgan fingerprint density at radius 1 is 1.62 bits per heavy atom. The summed E-state index contributed by atoms with van der Waals surface area (Å²) in [6.07, 6.45) is 3.33. The molecule has 0 aromatic carbocycles. The molecule has 2 heterocycles.